The standard InChI is InChI=1S/C12H13NO2/c1-2-9-15-11-6-3-10(4-7-11)5-8-12(13)14/h2-8H,1,9H2,(H2,13,14). The number of hydrogen-bond donors (Lipinski definition) is 1. The average molecular weight is 203 g/mol. The molecule has 0 aliphatic carbocycles. The minimum absolute atomic E-state index is 0.456. The Morgan fingerprint density at radius 2 is 2.07 bits per heavy atom. The fraction of sp³-hybridized carbons (Fsp3) is 0.0833. The van der Waals surface area contributed by atoms with Crippen LogP contribution in [0.2, 0.25) is 0 Å². The molecular formula is C12H13NO2. The van der Waals surface area contributed by atoms with Gasteiger partial charge in [0.1, 0.15) is 12.4 Å². The van der Waals surface area contributed by atoms with Crippen LogP contribution in [0.1, 0.15) is 5.56 Å². The van der Waals surface area contributed by atoms with Crippen molar-refractivity contribution >= 4 is 12.0 Å². The molecule has 3 heteroatoms. The summed E-state index contributed by atoms with van der Waals surface area (Å²) in [4.78, 5) is 10.5. The first-order valence-corrected chi connectivity index (χ1v) is 4.53. The molecule has 0 unspecified atom stereocenters. The maximum atomic E-state index is 10.5. The van der Waals surface area contributed by atoms with Gasteiger partial charge in [-0.3, -0.25) is 4.79 Å². The van der Waals surface area contributed by atoms with Crippen LogP contribution in [-0.4, -0.2) is 12.5 Å². The zero-order valence-electron chi connectivity index (χ0n) is 8.35. The number of benzene rings is 1. The Balaban J connectivity index is 2.63. The summed E-state index contributed by atoms with van der Waals surface area (Å²) in [5, 5.41) is 0. The molecular weight excluding hydrogens is 190 g/mol. The van der Waals surface area contributed by atoms with Crippen LogP contribution < -0.4 is 10.5 Å². The lowest BCUT2D eigenvalue weighted by Crippen LogP contribution is -2.05. The van der Waals surface area contributed by atoms with E-state index in [-0.39, 0.29) is 0 Å². The van der Waals surface area contributed by atoms with Crippen molar-refractivity contribution in [3.05, 3.63) is 48.6 Å². The van der Waals surface area contributed by atoms with Crippen LogP contribution in [0.5, 0.6) is 5.75 Å². The van der Waals surface area contributed by atoms with Gasteiger partial charge in [0.05, 0.1) is 0 Å². The molecule has 78 valence electrons. The van der Waals surface area contributed by atoms with E-state index in [1.165, 1.54) is 6.08 Å². The molecule has 0 aliphatic rings. The second-order valence-corrected chi connectivity index (χ2v) is 2.90. The van der Waals surface area contributed by atoms with Gasteiger partial charge in [-0.05, 0) is 23.8 Å². The molecule has 1 rings (SSSR count). The Morgan fingerprint density at radius 3 is 2.60 bits per heavy atom. The Bertz CT molecular complexity index is 366. The van der Waals surface area contributed by atoms with Crippen LogP contribution in [0.15, 0.2) is 43.0 Å². The summed E-state index contributed by atoms with van der Waals surface area (Å²) in [7, 11) is 0. The molecule has 0 radical (unpaired) electrons. The van der Waals surface area contributed by atoms with Gasteiger partial charge in [0.15, 0.2) is 0 Å². The first kappa shape index (κ1) is 11.0. The van der Waals surface area contributed by atoms with Gasteiger partial charge in [0.25, 0.3) is 0 Å². The predicted molar refractivity (Wildman–Crippen MR) is 60.4 cm³/mol. The first-order valence-electron chi connectivity index (χ1n) is 4.53. The highest BCUT2D eigenvalue weighted by atomic mass is 16.5. The van der Waals surface area contributed by atoms with Gasteiger partial charge in [-0.25, -0.2) is 0 Å². The van der Waals surface area contributed by atoms with Crippen molar-refractivity contribution in [2.45, 2.75) is 0 Å². The van der Waals surface area contributed by atoms with Gasteiger partial charge >= 0.3 is 0 Å². The highest BCUT2D eigenvalue weighted by Crippen LogP contribution is 2.12. The molecule has 3 nitrogen and oxygen atoms in total. The molecule has 0 aliphatic heterocycles. The zero-order valence-corrected chi connectivity index (χ0v) is 8.35. The molecule has 15 heavy (non-hydrogen) atoms. The van der Waals surface area contributed by atoms with Crippen LogP contribution in [0.4, 0.5) is 0 Å². The van der Waals surface area contributed by atoms with Gasteiger partial charge < -0.3 is 10.5 Å². The number of hydrogen-bond acceptors (Lipinski definition) is 2. The quantitative estimate of drug-likeness (QED) is 0.585. The van der Waals surface area contributed by atoms with Gasteiger partial charge in [-0.15, -0.1) is 0 Å². The second kappa shape index (κ2) is 5.65. The fourth-order valence-corrected chi connectivity index (χ4v) is 1.01. The van der Waals surface area contributed by atoms with E-state index in [2.05, 4.69) is 6.58 Å². The van der Waals surface area contributed by atoms with Crippen LogP contribution in [0.25, 0.3) is 6.08 Å². The van der Waals surface area contributed by atoms with Crippen LogP contribution in [-0.2, 0) is 4.79 Å². The van der Waals surface area contributed by atoms with E-state index >= 15 is 0 Å². The van der Waals surface area contributed by atoms with Crippen molar-refractivity contribution in [2.24, 2.45) is 5.73 Å². The van der Waals surface area contributed by atoms with Gasteiger partial charge in [0.2, 0.25) is 5.91 Å². The summed E-state index contributed by atoms with van der Waals surface area (Å²) >= 11 is 0. The number of carbonyl (C=O) groups excluding carboxylic acids is 1. The Hall–Kier alpha value is -2.03. The van der Waals surface area contributed by atoms with Crippen LogP contribution in [0.3, 0.4) is 0 Å². The Labute approximate surface area is 88.9 Å². The first-order chi connectivity index (χ1) is 7.22. The van der Waals surface area contributed by atoms with Crippen molar-refractivity contribution < 1.29 is 9.53 Å². The van der Waals surface area contributed by atoms with Crippen molar-refractivity contribution in [1.82, 2.24) is 0 Å². The summed E-state index contributed by atoms with van der Waals surface area (Å²) in [6.45, 7) is 4.04. The third-order valence-electron chi connectivity index (χ3n) is 1.69. The van der Waals surface area contributed by atoms with E-state index in [9.17, 15) is 4.79 Å². The SMILES string of the molecule is C=CCOc1ccc(C=CC(N)=O)cc1. The summed E-state index contributed by atoms with van der Waals surface area (Å²) in [5.74, 6) is 0.313. The summed E-state index contributed by atoms with van der Waals surface area (Å²) in [6, 6.07) is 7.34. The smallest absolute Gasteiger partial charge is 0.241 e. The maximum absolute atomic E-state index is 10.5. The number of ether oxygens (including phenoxy) is 1. The van der Waals surface area contributed by atoms with Gasteiger partial charge in [-0.1, -0.05) is 24.8 Å². The predicted octanol–water partition coefficient (Wildman–Crippen LogP) is 1.75. The third kappa shape index (κ3) is 4.13. The molecule has 0 saturated heterocycles. The number of nitrogens with two attached hydrogens (primary N) is 1. The number of primary amides is 1. The van der Waals surface area contributed by atoms with E-state index in [0.717, 1.165) is 11.3 Å². The molecule has 0 saturated carbocycles. The highest BCUT2D eigenvalue weighted by molar-refractivity contribution is 5.90. The van der Waals surface area contributed by atoms with Crippen LogP contribution in [0, 0.1) is 0 Å². The summed E-state index contributed by atoms with van der Waals surface area (Å²) in [6.07, 6.45) is 4.65. The van der Waals surface area contributed by atoms with Gasteiger partial charge in [-0.2, -0.15) is 0 Å². The lowest BCUT2D eigenvalue weighted by Gasteiger charge is -2.02. The van der Waals surface area contributed by atoms with Crippen molar-refractivity contribution in [2.75, 3.05) is 6.61 Å². The Morgan fingerprint density at radius 1 is 1.40 bits per heavy atom. The molecule has 0 fully saturated rings. The highest BCUT2D eigenvalue weighted by Gasteiger charge is 1.92. The van der Waals surface area contributed by atoms with E-state index in [1.54, 1.807) is 12.2 Å². The molecule has 2 N–H and O–H groups in total. The molecule has 0 bridgehead atoms. The summed E-state index contributed by atoms with van der Waals surface area (Å²) < 4.78 is 5.30. The zero-order chi connectivity index (χ0) is 11.1. The second-order valence-electron chi connectivity index (χ2n) is 2.90. The molecule has 0 aromatic heterocycles. The molecule has 1 aromatic rings. The normalized spacial score (nSPS) is 10.1. The van der Waals surface area contributed by atoms with Crippen molar-refractivity contribution in [3.8, 4) is 5.75 Å². The molecule has 1 aromatic carbocycles. The largest absolute Gasteiger partial charge is 0.490 e. The van der Waals surface area contributed by atoms with Crippen molar-refractivity contribution in [3.63, 3.8) is 0 Å². The van der Waals surface area contributed by atoms with Gasteiger partial charge in [0, 0.05) is 6.08 Å². The minimum Gasteiger partial charge on any atom is -0.490 e. The molecule has 1 amide bonds. The van der Waals surface area contributed by atoms with E-state index < -0.39 is 5.91 Å². The number of amides is 1. The van der Waals surface area contributed by atoms with E-state index in [4.69, 9.17) is 10.5 Å². The molecule has 0 atom stereocenters. The lowest BCUT2D eigenvalue weighted by atomic mass is 10.2. The number of rotatable bonds is 5. The average Bonchev–Trinajstić information content (AvgIpc) is 2.25. The minimum atomic E-state index is -0.456. The van der Waals surface area contributed by atoms with E-state index in [0.29, 0.717) is 6.61 Å². The number of carbonyl (C=O) groups is 1. The third-order valence-corrected chi connectivity index (χ3v) is 1.69. The van der Waals surface area contributed by atoms with Crippen molar-refractivity contribution in [1.29, 1.82) is 0 Å². The lowest BCUT2D eigenvalue weighted by molar-refractivity contribution is -0.113. The molecule has 0 spiro atoms. The summed E-state index contributed by atoms with van der Waals surface area (Å²) in [5.41, 5.74) is 5.88. The van der Waals surface area contributed by atoms with E-state index in [1.807, 2.05) is 24.3 Å². The maximum Gasteiger partial charge on any atom is 0.241 e. The molecule has 0 heterocycles. The fourth-order valence-electron chi connectivity index (χ4n) is 1.01. The Kier molecular flexibility index (Phi) is 4.16. The monoisotopic (exact) mass is 203 g/mol. The van der Waals surface area contributed by atoms with Crippen LogP contribution >= 0.6 is 0 Å². The topological polar surface area (TPSA) is 52.3 Å².